The van der Waals surface area contributed by atoms with Crippen molar-refractivity contribution in [3.63, 3.8) is 0 Å². The molecular formula is C18H27NO5S2. The number of hydrogen-bond donors (Lipinski definition) is 0. The highest BCUT2D eigenvalue weighted by atomic mass is 32.2. The largest absolute Gasteiger partial charge is 0.379 e. The van der Waals surface area contributed by atoms with E-state index >= 15 is 0 Å². The third kappa shape index (κ3) is 3.98. The minimum Gasteiger partial charge on any atom is -0.379 e. The summed E-state index contributed by atoms with van der Waals surface area (Å²) in [7, 11) is -7.11. The first-order chi connectivity index (χ1) is 12.0. The van der Waals surface area contributed by atoms with Gasteiger partial charge in [0.2, 0.25) is 0 Å². The Labute approximate surface area is 156 Å². The third-order valence-corrected chi connectivity index (χ3v) is 9.37. The maximum absolute atomic E-state index is 13.2. The Hall–Kier alpha value is -0.960. The van der Waals surface area contributed by atoms with Gasteiger partial charge in [-0.05, 0) is 23.1 Å². The maximum atomic E-state index is 13.2. The molecule has 0 saturated carbocycles. The second-order valence-electron chi connectivity index (χ2n) is 8.15. The van der Waals surface area contributed by atoms with E-state index in [9.17, 15) is 16.8 Å². The van der Waals surface area contributed by atoms with Crippen molar-refractivity contribution in [3.8, 4) is 0 Å². The fourth-order valence-corrected chi connectivity index (χ4v) is 8.49. The molecule has 3 rings (SSSR count). The zero-order valence-electron chi connectivity index (χ0n) is 15.5. The highest BCUT2D eigenvalue weighted by Crippen LogP contribution is 2.31. The monoisotopic (exact) mass is 401 g/mol. The second-order valence-corrected chi connectivity index (χ2v) is 12.5. The van der Waals surface area contributed by atoms with Crippen molar-refractivity contribution in [2.45, 2.75) is 42.4 Å². The van der Waals surface area contributed by atoms with Gasteiger partial charge in [-0.2, -0.15) is 0 Å². The average Bonchev–Trinajstić information content (AvgIpc) is 2.91. The zero-order valence-corrected chi connectivity index (χ0v) is 17.1. The Bertz CT molecular complexity index is 848. The molecule has 1 aromatic carbocycles. The minimum absolute atomic E-state index is 0.0741. The molecule has 8 heteroatoms. The molecule has 1 aromatic rings. The van der Waals surface area contributed by atoms with Crippen LogP contribution in [0.2, 0.25) is 0 Å². The Kier molecular flexibility index (Phi) is 5.24. The molecule has 0 radical (unpaired) electrons. The topological polar surface area (TPSA) is 80.8 Å². The average molecular weight is 402 g/mol. The van der Waals surface area contributed by atoms with Crippen molar-refractivity contribution in [1.29, 1.82) is 0 Å². The summed E-state index contributed by atoms with van der Waals surface area (Å²) >= 11 is 0. The highest BCUT2D eigenvalue weighted by Gasteiger charge is 2.48. The van der Waals surface area contributed by atoms with Crippen molar-refractivity contribution >= 4 is 19.7 Å². The summed E-state index contributed by atoms with van der Waals surface area (Å²) in [4.78, 5) is 2.16. The van der Waals surface area contributed by atoms with Gasteiger partial charge in [-0.25, -0.2) is 16.8 Å². The quantitative estimate of drug-likeness (QED) is 0.758. The minimum atomic E-state index is -3.73. The van der Waals surface area contributed by atoms with Gasteiger partial charge >= 0.3 is 0 Å². The number of benzene rings is 1. The van der Waals surface area contributed by atoms with Crippen LogP contribution in [0.25, 0.3) is 0 Å². The normalized spacial score (nSPS) is 27.5. The van der Waals surface area contributed by atoms with Gasteiger partial charge in [-0.3, -0.25) is 4.90 Å². The van der Waals surface area contributed by atoms with E-state index in [0.29, 0.717) is 26.3 Å². The maximum Gasteiger partial charge on any atom is 0.183 e. The lowest BCUT2D eigenvalue weighted by Crippen LogP contribution is -2.50. The smallest absolute Gasteiger partial charge is 0.183 e. The molecule has 0 spiro atoms. The molecule has 0 N–H and O–H groups in total. The molecular weight excluding hydrogens is 374 g/mol. The van der Waals surface area contributed by atoms with E-state index in [-0.39, 0.29) is 21.8 Å². The SMILES string of the molecule is CC(C)(C)c1ccc(S(=O)(=O)[C@H]2CS(=O)(=O)C[C@@H]2N2CCOCC2)cc1. The summed E-state index contributed by atoms with van der Waals surface area (Å²) in [6.45, 7) is 8.33. The molecule has 6 nitrogen and oxygen atoms in total. The Morgan fingerprint density at radius 2 is 1.62 bits per heavy atom. The first-order valence-electron chi connectivity index (χ1n) is 8.87. The van der Waals surface area contributed by atoms with E-state index in [1.165, 1.54) is 0 Å². The van der Waals surface area contributed by atoms with Gasteiger partial charge in [0.15, 0.2) is 19.7 Å². The van der Waals surface area contributed by atoms with Crippen molar-refractivity contribution in [2.75, 3.05) is 37.8 Å². The molecule has 0 bridgehead atoms. The van der Waals surface area contributed by atoms with Gasteiger partial charge in [0.1, 0.15) is 0 Å². The van der Waals surface area contributed by atoms with Crippen LogP contribution in [0, 0.1) is 0 Å². The van der Waals surface area contributed by atoms with Crippen LogP contribution in [-0.4, -0.2) is 70.8 Å². The van der Waals surface area contributed by atoms with Crippen LogP contribution in [-0.2, 0) is 29.8 Å². The van der Waals surface area contributed by atoms with Gasteiger partial charge in [0, 0.05) is 19.1 Å². The van der Waals surface area contributed by atoms with Crippen molar-refractivity contribution < 1.29 is 21.6 Å². The van der Waals surface area contributed by atoms with Crippen molar-refractivity contribution in [2.24, 2.45) is 0 Å². The summed E-state index contributed by atoms with van der Waals surface area (Å²) in [6, 6.07) is 6.35. The molecule has 0 aliphatic carbocycles. The second kappa shape index (κ2) is 6.89. The molecule has 2 atom stereocenters. The molecule has 2 fully saturated rings. The summed E-state index contributed by atoms with van der Waals surface area (Å²) in [5.41, 5.74) is 0.968. The fraction of sp³-hybridized carbons (Fsp3) is 0.667. The lowest BCUT2D eigenvalue weighted by atomic mass is 9.87. The third-order valence-electron chi connectivity index (χ3n) is 5.23. The summed E-state index contributed by atoms with van der Waals surface area (Å²) in [5, 5.41) is -0.925. The van der Waals surface area contributed by atoms with Crippen LogP contribution >= 0.6 is 0 Å². The van der Waals surface area contributed by atoms with E-state index in [2.05, 4.69) is 20.8 Å². The van der Waals surface area contributed by atoms with Gasteiger partial charge in [0.25, 0.3) is 0 Å². The summed E-state index contributed by atoms with van der Waals surface area (Å²) in [6.07, 6.45) is 0. The Morgan fingerprint density at radius 3 is 2.15 bits per heavy atom. The van der Waals surface area contributed by atoms with E-state index in [1.54, 1.807) is 12.1 Å². The predicted molar refractivity (Wildman–Crippen MR) is 101 cm³/mol. The lowest BCUT2D eigenvalue weighted by Gasteiger charge is -2.34. The van der Waals surface area contributed by atoms with Crippen LogP contribution in [0.5, 0.6) is 0 Å². The van der Waals surface area contributed by atoms with Crippen LogP contribution in [0.1, 0.15) is 26.3 Å². The molecule has 2 saturated heterocycles. The highest BCUT2D eigenvalue weighted by molar-refractivity contribution is 7.96. The zero-order chi connectivity index (χ0) is 19.2. The molecule has 146 valence electrons. The van der Waals surface area contributed by atoms with Crippen molar-refractivity contribution in [1.82, 2.24) is 4.90 Å². The standard InChI is InChI=1S/C18H27NO5S2/c1-18(2,3)14-4-6-15(7-5-14)26(22,23)17-13-25(20,21)12-16(17)19-8-10-24-11-9-19/h4-7,16-17H,8-13H2,1-3H3/t16-,17-/m0/s1. The van der Waals surface area contributed by atoms with E-state index in [0.717, 1.165) is 5.56 Å². The van der Waals surface area contributed by atoms with Crippen LogP contribution in [0.3, 0.4) is 0 Å². The van der Waals surface area contributed by atoms with Gasteiger partial charge in [-0.1, -0.05) is 32.9 Å². The molecule has 0 amide bonds. The molecule has 2 heterocycles. The molecule has 2 aliphatic rings. The number of nitrogens with zero attached hydrogens (tertiary/aromatic N) is 1. The Morgan fingerprint density at radius 1 is 1.04 bits per heavy atom. The number of rotatable bonds is 3. The predicted octanol–water partition coefficient (Wildman–Crippen LogP) is 1.26. The van der Waals surface area contributed by atoms with Crippen LogP contribution in [0.15, 0.2) is 29.2 Å². The summed E-state index contributed by atoms with van der Waals surface area (Å²) < 4.78 is 56.2. The summed E-state index contributed by atoms with van der Waals surface area (Å²) in [5.74, 6) is -0.407. The van der Waals surface area contributed by atoms with Crippen molar-refractivity contribution in [3.05, 3.63) is 29.8 Å². The number of morpholine rings is 1. The molecule has 2 aliphatic heterocycles. The molecule has 0 aromatic heterocycles. The lowest BCUT2D eigenvalue weighted by molar-refractivity contribution is 0.0222. The van der Waals surface area contributed by atoms with Crippen LogP contribution < -0.4 is 0 Å². The number of sulfone groups is 2. The Balaban J connectivity index is 1.93. The first-order valence-corrected chi connectivity index (χ1v) is 12.2. The van der Waals surface area contributed by atoms with Gasteiger partial charge in [0.05, 0.1) is 34.9 Å². The van der Waals surface area contributed by atoms with E-state index in [1.807, 2.05) is 17.0 Å². The fourth-order valence-electron chi connectivity index (χ4n) is 3.66. The number of hydrogen-bond acceptors (Lipinski definition) is 6. The van der Waals surface area contributed by atoms with E-state index in [4.69, 9.17) is 4.74 Å². The molecule has 26 heavy (non-hydrogen) atoms. The van der Waals surface area contributed by atoms with E-state index < -0.39 is 31.0 Å². The number of ether oxygens (including phenoxy) is 1. The first kappa shape index (κ1) is 19.8. The van der Waals surface area contributed by atoms with Gasteiger partial charge < -0.3 is 4.74 Å². The molecule has 0 unspecified atom stereocenters. The van der Waals surface area contributed by atoms with Gasteiger partial charge in [-0.15, -0.1) is 0 Å². The van der Waals surface area contributed by atoms with Crippen LogP contribution in [0.4, 0.5) is 0 Å².